The summed E-state index contributed by atoms with van der Waals surface area (Å²) < 4.78 is 0.859. The van der Waals surface area contributed by atoms with E-state index in [1.54, 1.807) is 31.6 Å². The summed E-state index contributed by atoms with van der Waals surface area (Å²) in [5, 5.41) is 5.65. The lowest BCUT2D eigenvalue weighted by molar-refractivity contribution is 0.102. The third-order valence-electron chi connectivity index (χ3n) is 2.30. The van der Waals surface area contributed by atoms with Crippen LogP contribution in [0.4, 0.5) is 11.5 Å². The monoisotopic (exact) mass is 306 g/mol. The van der Waals surface area contributed by atoms with Crippen LogP contribution in [0.2, 0.25) is 0 Å². The van der Waals surface area contributed by atoms with Crippen molar-refractivity contribution in [2.75, 3.05) is 17.7 Å². The van der Waals surface area contributed by atoms with E-state index in [1.807, 2.05) is 6.07 Å². The van der Waals surface area contributed by atoms with Gasteiger partial charge in [0.1, 0.15) is 5.82 Å². The van der Waals surface area contributed by atoms with Crippen molar-refractivity contribution in [3.05, 3.63) is 46.8 Å². The highest BCUT2D eigenvalue weighted by atomic mass is 79.9. The van der Waals surface area contributed by atoms with Crippen molar-refractivity contribution in [1.29, 1.82) is 0 Å². The molecule has 2 aromatic heterocycles. The zero-order chi connectivity index (χ0) is 13.0. The Hall–Kier alpha value is -1.95. The van der Waals surface area contributed by atoms with E-state index < -0.39 is 0 Å². The number of aromatic nitrogens is 2. The van der Waals surface area contributed by atoms with Gasteiger partial charge in [-0.3, -0.25) is 9.78 Å². The first-order chi connectivity index (χ1) is 8.70. The van der Waals surface area contributed by atoms with Crippen molar-refractivity contribution in [3.63, 3.8) is 0 Å². The smallest absolute Gasteiger partial charge is 0.260 e. The number of amides is 1. The maximum absolute atomic E-state index is 12.0. The Kier molecular flexibility index (Phi) is 3.88. The lowest BCUT2D eigenvalue weighted by Crippen LogP contribution is -2.15. The normalized spacial score (nSPS) is 9.89. The molecule has 0 spiro atoms. The average molecular weight is 307 g/mol. The zero-order valence-electron chi connectivity index (χ0n) is 9.64. The first kappa shape index (κ1) is 12.5. The molecule has 2 heterocycles. The van der Waals surface area contributed by atoms with Crippen LogP contribution >= 0.6 is 15.9 Å². The molecule has 0 saturated carbocycles. The molecule has 2 rings (SSSR count). The van der Waals surface area contributed by atoms with Crippen molar-refractivity contribution in [1.82, 2.24) is 9.97 Å². The molecule has 2 aromatic rings. The van der Waals surface area contributed by atoms with Crippen LogP contribution in [0.15, 0.2) is 41.3 Å². The number of nitrogens with one attached hydrogen (secondary N) is 2. The van der Waals surface area contributed by atoms with Crippen LogP contribution in [0.25, 0.3) is 0 Å². The molecule has 0 aromatic carbocycles. The van der Waals surface area contributed by atoms with Gasteiger partial charge in [-0.05, 0) is 34.1 Å². The Morgan fingerprint density at radius 1 is 1.28 bits per heavy atom. The van der Waals surface area contributed by atoms with Crippen LogP contribution in [0.5, 0.6) is 0 Å². The van der Waals surface area contributed by atoms with Crippen LogP contribution in [-0.2, 0) is 0 Å². The molecule has 92 valence electrons. The number of anilines is 2. The number of carbonyl (C=O) groups is 1. The summed E-state index contributed by atoms with van der Waals surface area (Å²) in [4.78, 5) is 20.1. The molecule has 6 heteroatoms. The summed E-state index contributed by atoms with van der Waals surface area (Å²) in [6.07, 6.45) is 4.76. The molecular formula is C12H11BrN4O. The van der Waals surface area contributed by atoms with Crippen LogP contribution in [0, 0.1) is 0 Å². The molecule has 2 N–H and O–H groups in total. The highest BCUT2D eigenvalue weighted by Gasteiger charge is 2.11. The lowest BCUT2D eigenvalue weighted by Gasteiger charge is -2.08. The molecule has 0 aliphatic rings. The number of hydrogen-bond donors (Lipinski definition) is 2. The number of pyridine rings is 2. The Labute approximate surface area is 113 Å². The average Bonchev–Trinajstić information content (AvgIpc) is 2.41. The van der Waals surface area contributed by atoms with E-state index in [0.29, 0.717) is 11.4 Å². The minimum absolute atomic E-state index is 0.248. The second-order valence-corrected chi connectivity index (χ2v) is 4.40. The van der Waals surface area contributed by atoms with E-state index >= 15 is 0 Å². The Morgan fingerprint density at radius 2 is 2.11 bits per heavy atom. The molecule has 0 fully saturated rings. The summed E-state index contributed by atoms with van der Waals surface area (Å²) >= 11 is 3.28. The molecule has 0 aliphatic heterocycles. The van der Waals surface area contributed by atoms with E-state index in [-0.39, 0.29) is 5.91 Å². The van der Waals surface area contributed by atoms with Gasteiger partial charge in [-0.15, -0.1) is 0 Å². The number of hydrogen-bond acceptors (Lipinski definition) is 4. The quantitative estimate of drug-likeness (QED) is 0.914. The highest BCUT2D eigenvalue weighted by Crippen LogP contribution is 2.15. The predicted molar refractivity (Wildman–Crippen MR) is 73.7 cm³/mol. The zero-order valence-corrected chi connectivity index (χ0v) is 11.2. The van der Waals surface area contributed by atoms with Gasteiger partial charge in [-0.25, -0.2) is 4.98 Å². The second-order valence-electron chi connectivity index (χ2n) is 3.49. The topological polar surface area (TPSA) is 66.9 Å². The molecule has 0 radical (unpaired) electrons. The van der Waals surface area contributed by atoms with Gasteiger partial charge in [0.25, 0.3) is 5.91 Å². The van der Waals surface area contributed by atoms with Gasteiger partial charge in [-0.2, -0.15) is 0 Å². The summed E-state index contributed by atoms with van der Waals surface area (Å²) in [6, 6.07) is 5.27. The number of halogens is 1. The van der Waals surface area contributed by atoms with Crippen molar-refractivity contribution in [2.24, 2.45) is 0 Å². The standard InChI is InChI=1S/C12H11BrN4O/c1-14-10-4-5-15-7-9(10)12(18)17-11-3-2-8(13)6-16-11/h2-7H,1H3,(H,14,15)(H,16,17,18). The van der Waals surface area contributed by atoms with Crippen LogP contribution < -0.4 is 10.6 Å². The van der Waals surface area contributed by atoms with Gasteiger partial charge < -0.3 is 10.6 Å². The Bertz CT molecular complexity index is 556. The molecule has 1 amide bonds. The lowest BCUT2D eigenvalue weighted by atomic mass is 10.2. The molecule has 0 atom stereocenters. The summed E-state index contributed by atoms with van der Waals surface area (Å²) in [5.74, 6) is 0.247. The third kappa shape index (κ3) is 2.84. The van der Waals surface area contributed by atoms with Gasteiger partial charge in [0.2, 0.25) is 0 Å². The molecule has 5 nitrogen and oxygen atoms in total. The summed E-state index contributed by atoms with van der Waals surface area (Å²) in [5.41, 5.74) is 1.20. The van der Waals surface area contributed by atoms with Gasteiger partial charge in [-0.1, -0.05) is 0 Å². The molecule has 0 unspecified atom stereocenters. The molecule has 18 heavy (non-hydrogen) atoms. The summed E-state index contributed by atoms with van der Waals surface area (Å²) in [6.45, 7) is 0. The van der Waals surface area contributed by atoms with E-state index in [2.05, 4.69) is 36.5 Å². The van der Waals surface area contributed by atoms with Crippen LogP contribution in [-0.4, -0.2) is 22.9 Å². The highest BCUT2D eigenvalue weighted by molar-refractivity contribution is 9.10. The number of carbonyl (C=O) groups excluding carboxylic acids is 1. The van der Waals surface area contributed by atoms with E-state index in [9.17, 15) is 4.79 Å². The maximum Gasteiger partial charge on any atom is 0.260 e. The fourth-order valence-electron chi connectivity index (χ4n) is 1.43. The fourth-order valence-corrected chi connectivity index (χ4v) is 1.66. The minimum Gasteiger partial charge on any atom is -0.387 e. The predicted octanol–water partition coefficient (Wildman–Crippen LogP) is 2.53. The first-order valence-electron chi connectivity index (χ1n) is 5.25. The Balaban J connectivity index is 2.19. The van der Waals surface area contributed by atoms with E-state index in [4.69, 9.17) is 0 Å². The van der Waals surface area contributed by atoms with Crippen molar-refractivity contribution in [3.8, 4) is 0 Å². The fraction of sp³-hybridized carbons (Fsp3) is 0.0833. The number of rotatable bonds is 3. The van der Waals surface area contributed by atoms with Gasteiger partial charge in [0.15, 0.2) is 0 Å². The van der Waals surface area contributed by atoms with Crippen LogP contribution in [0.3, 0.4) is 0 Å². The SMILES string of the molecule is CNc1ccncc1C(=O)Nc1ccc(Br)cn1. The minimum atomic E-state index is -0.248. The largest absolute Gasteiger partial charge is 0.387 e. The van der Waals surface area contributed by atoms with Gasteiger partial charge >= 0.3 is 0 Å². The second kappa shape index (κ2) is 5.59. The molecule has 0 bridgehead atoms. The van der Waals surface area contributed by atoms with Gasteiger partial charge in [0.05, 0.1) is 5.56 Å². The van der Waals surface area contributed by atoms with Crippen molar-refractivity contribution < 1.29 is 4.79 Å². The summed E-state index contributed by atoms with van der Waals surface area (Å²) in [7, 11) is 1.75. The maximum atomic E-state index is 12.0. The molecule has 0 aliphatic carbocycles. The van der Waals surface area contributed by atoms with Crippen molar-refractivity contribution >= 4 is 33.3 Å². The number of nitrogens with zero attached hydrogens (tertiary/aromatic N) is 2. The van der Waals surface area contributed by atoms with Gasteiger partial charge in [0, 0.05) is 35.8 Å². The van der Waals surface area contributed by atoms with E-state index in [0.717, 1.165) is 10.2 Å². The molecular weight excluding hydrogens is 296 g/mol. The third-order valence-corrected chi connectivity index (χ3v) is 2.77. The molecule has 0 saturated heterocycles. The van der Waals surface area contributed by atoms with Crippen molar-refractivity contribution in [2.45, 2.75) is 0 Å². The first-order valence-corrected chi connectivity index (χ1v) is 6.04. The van der Waals surface area contributed by atoms with E-state index in [1.165, 1.54) is 6.20 Å². The van der Waals surface area contributed by atoms with Crippen LogP contribution in [0.1, 0.15) is 10.4 Å². The Morgan fingerprint density at radius 3 is 2.78 bits per heavy atom.